The largest absolute Gasteiger partial charge is 0.493 e. The number of aliphatic hydroxyl groups excluding tert-OH is 1. The third kappa shape index (κ3) is 6.41. The number of ether oxygens (including phenoxy) is 3. The first-order valence-corrected chi connectivity index (χ1v) is 13.2. The van der Waals surface area contributed by atoms with Crippen molar-refractivity contribution >= 4 is 29.2 Å². The van der Waals surface area contributed by atoms with Crippen molar-refractivity contribution in [2.24, 2.45) is 5.41 Å². The number of aryl methyl sites for hydroxylation is 1. The molecular weight excluding hydrogens is 540 g/mol. The van der Waals surface area contributed by atoms with Crippen molar-refractivity contribution in [1.29, 1.82) is 0 Å². The Hall–Kier alpha value is -3.60. The number of carbonyl (C=O) groups is 2. The van der Waals surface area contributed by atoms with Crippen molar-refractivity contribution in [3.8, 4) is 11.5 Å². The van der Waals surface area contributed by atoms with E-state index in [2.05, 4.69) is 4.98 Å². The normalized spacial score (nSPS) is 17.4. The Labute approximate surface area is 237 Å². The number of methoxy groups -OCH3 is 2. The summed E-state index contributed by atoms with van der Waals surface area (Å²) in [7, 11) is 3.07. The third-order valence-electron chi connectivity index (χ3n) is 6.68. The Morgan fingerprint density at radius 3 is 2.62 bits per heavy atom. The Bertz CT molecular complexity index is 1370. The van der Waals surface area contributed by atoms with Crippen LogP contribution in [0.2, 0.25) is 5.02 Å². The second-order valence-corrected chi connectivity index (χ2v) is 10.8. The van der Waals surface area contributed by atoms with Gasteiger partial charge in [-0.2, -0.15) is 0 Å². The number of nitrogens with zero attached hydrogens (tertiary/aromatic N) is 2. The fourth-order valence-electron chi connectivity index (χ4n) is 4.65. The number of fused-ring (bicyclic) bond motifs is 1. The number of carboxylic acid groups (broad SMARTS) is 1. The number of para-hydroxylation sites is 1. The Morgan fingerprint density at radius 1 is 1.18 bits per heavy atom. The molecule has 0 bridgehead atoms. The van der Waals surface area contributed by atoms with Crippen molar-refractivity contribution < 1.29 is 38.4 Å². The number of carboxylic acids is 1. The molecule has 2 atom stereocenters. The van der Waals surface area contributed by atoms with Gasteiger partial charge in [-0.15, -0.1) is 0 Å². The second kappa shape index (κ2) is 12.3. The lowest BCUT2D eigenvalue weighted by atomic mass is 9.92. The van der Waals surface area contributed by atoms with Crippen LogP contribution in [0.25, 0.3) is 0 Å². The molecule has 2 aromatic carbocycles. The average Bonchev–Trinajstić information content (AvgIpc) is 3.35. The Kier molecular flexibility index (Phi) is 9.02. The molecule has 1 aliphatic heterocycles. The molecule has 2 heterocycles. The van der Waals surface area contributed by atoms with Crippen molar-refractivity contribution in [1.82, 2.24) is 4.98 Å². The number of carbonyl (C=O) groups excluding carboxylic acids is 1. The Morgan fingerprint density at radius 2 is 1.95 bits per heavy atom. The summed E-state index contributed by atoms with van der Waals surface area (Å²) in [5.41, 5.74) is 1.22. The zero-order chi connectivity index (χ0) is 29.0. The highest BCUT2D eigenvalue weighted by Crippen LogP contribution is 2.45. The first-order chi connectivity index (χ1) is 19.1. The van der Waals surface area contributed by atoms with Crippen LogP contribution in [0.3, 0.4) is 0 Å². The van der Waals surface area contributed by atoms with Crippen LogP contribution in [0.4, 0.5) is 5.69 Å². The van der Waals surface area contributed by atoms with Gasteiger partial charge in [0.15, 0.2) is 17.4 Å². The van der Waals surface area contributed by atoms with Crippen molar-refractivity contribution in [2.45, 2.75) is 45.3 Å². The molecule has 0 saturated heterocycles. The second-order valence-electron chi connectivity index (χ2n) is 10.4. The predicted octanol–water partition coefficient (Wildman–Crippen LogP) is 4.44. The number of hydrogen-bond donors (Lipinski definition) is 2. The molecule has 2 N–H and O–H groups in total. The number of aliphatic carboxylic acids is 1. The molecule has 1 aliphatic rings. The summed E-state index contributed by atoms with van der Waals surface area (Å²) < 4.78 is 23.6. The highest BCUT2D eigenvalue weighted by molar-refractivity contribution is 6.30. The molecule has 10 nitrogen and oxygen atoms in total. The summed E-state index contributed by atoms with van der Waals surface area (Å²) in [6.07, 6.45) is -0.323. The molecule has 0 unspecified atom stereocenters. The van der Waals surface area contributed by atoms with Gasteiger partial charge in [-0.1, -0.05) is 37.6 Å². The quantitative estimate of drug-likeness (QED) is 0.342. The minimum atomic E-state index is -1.05. The van der Waals surface area contributed by atoms with Gasteiger partial charge in [-0.25, -0.2) is 4.98 Å². The number of hydrogen-bond acceptors (Lipinski definition) is 8. The van der Waals surface area contributed by atoms with E-state index in [1.165, 1.54) is 20.4 Å². The van der Waals surface area contributed by atoms with Crippen LogP contribution in [-0.2, 0) is 27.2 Å². The van der Waals surface area contributed by atoms with Crippen LogP contribution < -0.4 is 14.4 Å². The van der Waals surface area contributed by atoms with Gasteiger partial charge in [0, 0.05) is 46.8 Å². The van der Waals surface area contributed by atoms with Crippen molar-refractivity contribution in [3.63, 3.8) is 0 Å². The lowest BCUT2D eigenvalue weighted by Gasteiger charge is -2.32. The number of oxazole rings is 1. The fourth-order valence-corrected chi connectivity index (χ4v) is 4.83. The molecule has 214 valence electrons. The van der Waals surface area contributed by atoms with Crippen LogP contribution in [0.1, 0.15) is 49.2 Å². The number of aromatic nitrogens is 1. The van der Waals surface area contributed by atoms with E-state index in [0.717, 1.165) is 0 Å². The maximum Gasteiger partial charge on any atom is 0.303 e. The van der Waals surface area contributed by atoms with Gasteiger partial charge in [0.1, 0.15) is 18.0 Å². The minimum Gasteiger partial charge on any atom is -0.493 e. The maximum atomic E-state index is 14.2. The molecule has 1 aromatic heterocycles. The fraction of sp³-hybridized carbons (Fsp3) is 0.414. The molecule has 1 amide bonds. The molecule has 0 saturated carbocycles. The summed E-state index contributed by atoms with van der Waals surface area (Å²) in [6.45, 7) is 3.78. The van der Waals surface area contributed by atoms with E-state index in [9.17, 15) is 14.7 Å². The van der Waals surface area contributed by atoms with Crippen LogP contribution >= 0.6 is 11.6 Å². The van der Waals surface area contributed by atoms with Crippen molar-refractivity contribution in [2.75, 3.05) is 32.3 Å². The van der Waals surface area contributed by atoms with Gasteiger partial charge in [0.25, 0.3) is 5.91 Å². The van der Waals surface area contributed by atoms with Crippen LogP contribution in [-0.4, -0.2) is 60.5 Å². The molecule has 0 fully saturated rings. The lowest BCUT2D eigenvalue weighted by Crippen LogP contribution is -2.46. The van der Waals surface area contributed by atoms with Gasteiger partial charge < -0.3 is 33.7 Å². The number of rotatable bonds is 11. The smallest absolute Gasteiger partial charge is 0.303 e. The molecule has 4 rings (SSSR count). The van der Waals surface area contributed by atoms with E-state index in [4.69, 9.17) is 35.3 Å². The van der Waals surface area contributed by atoms with Gasteiger partial charge in [0.2, 0.25) is 0 Å². The maximum absolute atomic E-state index is 14.2. The van der Waals surface area contributed by atoms with Crippen molar-refractivity contribution in [3.05, 3.63) is 70.4 Å². The highest BCUT2D eigenvalue weighted by atomic mass is 35.5. The zero-order valence-corrected chi connectivity index (χ0v) is 23.6. The molecule has 3 aromatic rings. The number of benzene rings is 2. The minimum absolute atomic E-state index is 0.00748. The van der Waals surface area contributed by atoms with Gasteiger partial charge in [-0.3, -0.25) is 9.59 Å². The first kappa shape index (κ1) is 29.4. The van der Waals surface area contributed by atoms with E-state index >= 15 is 0 Å². The average molecular weight is 573 g/mol. The van der Waals surface area contributed by atoms with Gasteiger partial charge >= 0.3 is 5.97 Å². The van der Waals surface area contributed by atoms with Crippen LogP contribution in [0.5, 0.6) is 11.5 Å². The number of aliphatic hydroxyl groups is 1. The Balaban J connectivity index is 1.83. The zero-order valence-electron chi connectivity index (χ0n) is 22.8. The SMILES string of the molecule is COc1cccc([C@H]2O[C@H](Cc3ncc(CCC(=O)O)o3)C(=O)N(CC(C)(C)CO)c3ccc(Cl)cc32)c1OC. The number of amides is 1. The molecule has 40 heavy (non-hydrogen) atoms. The standard InChI is InChI=1S/C29H33ClN2O8/c1-29(2,16-33)15-32-21-10-8-17(30)12-20(21)26(19-6-5-7-22(37-3)27(19)38-4)40-23(28(32)36)13-24-31-14-18(39-24)9-11-25(34)35/h5-8,10,12,14,23,26,33H,9,11,13,15-16H2,1-4H3,(H,34,35)/t23-,26-/m1/s1. The van der Waals surface area contributed by atoms with Crippen LogP contribution in [0.15, 0.2) is 47.0 Å². The number of halogens is 1. The molecule has 0 aliphatic carbocycles. The first-order valence-electron chi connectivity index (χ1n) is 12.8. The monoisotopic (exact) mass is 572 g/mol. The summed E-state index contributed by atoms with van der Waals surface area (Å²) >= 11 is 6.46. The van der Waals surface area contributed by atoms with E-state index in [1.807, 2.05) is 19.9 Å². The van der Waals surface area contributed by atoms with Crippen LogP contribution in [0, 0.1) is 5.41 Å². The number of anilines is 1. The van der Waals surface area contributed by atoms with E-state index in [1.54, 1.807) is 35.2 Å². The summed E-state index contributed by atoms with van der Waals surface area (Å²) in [5, 5.41) is 19.5. The summed E-state index contributed by atoms with van der Waals surface area (Å²) in [6, 6.07) is 10.6. The van der Waals surface area contributed by atoms with E-state index in [-0.39, 0.29) is 44.2 Å². The molecule has 11 heteroatoms. The molecule has 0 radical (unpaired) electrons. The van der Waals surface area contributed by atoms with Gasteiger partial charge in [0.05, 0.1) is 33.3 Å². The summed E-state index contributed by atoms with van der Waals surface area (Å²) in [5.74, 6) is 0.281. The lowest BCUT2D eigenvalue weighted by molar-refractivity contribution is -0.137. The third-order valence-corrected chi connectivity index (χ3v) is 6.92. The highest BCUT2D eigenvalue weighted by Gasteiger charge is 2.40. The van der Waals surface area contributed by atoms with E-state index in [0.29, 0.717) is 39.1 Å². The van der Waals surface area contributed by atoms with Gasteiger partial charge in [-0.05, 0) is 24.3 Å². The van der Waals surface area contributed by atoms with E-state index < -0.39 is 23.6 Å². The topological polar surface area (TPSA) is 132 Å². The summed E-state index contributed by atoms with van der Waals surface area (Å²) in [4.78, 5) is 31.0. The molecule has 0 spiro atoms. The predicted molar refractivity (Wildman–Crippen MR) is 147 cm³/mol. The molecular formula is C29H33ClN2O8.